The molecule has 0 aliphatic rings. The van der Waals surface area contributed by atoms with E-state index >= 15 is 0 Å². The number of aromatic carboxylic acids is 1. The molecule has 0 saturated carbocycles. The second-order valence-electron chi connectivity index (χ2n) is 4.14. The molecule has 1 atom stereocenters. The number of ether oxygens (including phenoxy) is 1. The molecule has 0 saturated heterocycles. The fourth-order valence-corrected chi connectivity index (χ4v) is 2.54. The van der Waals surface area contributed by atoms with Crippen LogP contribution in [0.25, 0.3) is 0 Å². The number of rotatable bonds is 8. The molecule has 8 heteroatoms. The molecule has 1 aromatic carbocycles. The molecule has 0 fully saturated rings. The minimum absolute atomic E-state index is 0.180. The topological polar surface area (TPSA) is 92.7 Å². The summed E-state index contributed by atoms with van der Waals surface area (Å²) < 4.78 is 30.3. The first kappa shape index (κ1) is 17.3. The number of hydrogen-bond donors (Lipinski definition) is 2. The smallest absolute Gasteiger partial charge is 0.335 e. The third kappa shape index (κ3) is 5.60. The van der Waals surface area contributed by atoms with E-state index < -0.39 is 34.2 Å². The molecule has 0 aliphatic heterocycles. The van der Waals surface area contributed by atoms with Gasteiger partial charge < -0.3 is 15.2 Å². The van der Waals surface area contributed by atoms with Crippen molar-refractivity contribution in [2.75, 3.05) is 26.0 Å². The van der Waals surface area contributed by atoms with Gasteiger partial charge in [-0.3, -0.25) is 9.00 Å². The third-order valence-electron chi connectivity index (χ3n) is 2.53. The van der Waals surface area contributed by atoms with Crippen molar-refractivity contribution in [1.82, 2.24) is 5.32 Å². The van der Waals surface area contributed by atoms with Crippen LogP contribution in [0, 0.1) is 5.82 Å². The number of carbonyl (C=O) groups excluding carboxylic acids is 1. The second kappa shape index (κ2) is 8.48. The summed E-state index contributed by atoms with van der Waals surface area (Å²) in [5.74, 6) is -2.97. The van der Waals surface area contributed by atoms with Crippen LogP contribution in [-0.4, -0.2) is 47.2 Å². The van der Waals surface area contributed by atoms with Crippen LogP contribution < -0.4 is 5.32 Å². The highest BCUT2D eigenvalue weighted by atomic mass is 32.2. The number of carboxylic acid groups (broad SMARTS) is 1. The highest BCUT2D eigenvalue weighted by Crippen LogP contribution is 2.15. The molecule has 116 valence electrons. The molecule has 0 spiro atoms. The largest absolute Gasteiger partial charge is 0.478 e. The maximum Gasteiger partial charge on any atom is 0.335 e. The van der Waals surface area contributed by atoms with Gasteiger partial charge in [0.05, 0.1) is 21.3 Å². The number of halogens is 1. The normalized spacial score (nSPS) is 11.9. The lowest BCUT2D eigenvalue weighted by Crippen LogP contribution is -2.29. The average Bonchev–Trinajstić information content (AvgIpc) is 2.43. The van der Waals surface area contributed by atoms with Crippen LogP contribution in [0.5, 0.6) is 0 Å². The molecule has 0 aromatic heterocycles. The van der Waals surface area contributed by atoms with Crippen LogP contribution in [-0.2, 0) is 20.3 Å². The monoisotopic (exact) mass is 317 g/mol. The van der Waals surface area contributed by atoms with Gasteiger partial charge in [0, 0.05) is 20.3 Å². The molecular formula is C13H16FNO5S. The molecular weight excluding hydrogens is 301 g/mol. The first-order valence-corrected chi connectivity index (χ1v) is 7.44. The van der Waals surface area contributed by atoms with Gasteiger partial charge in [-0.15, -0.1) is 0 Å². The number of benzene rings is 1. The summed E-state index contributed by atoms with van der Waals surface area (Å²) in [5, 5.41) is 11.3. The molecule has 1 aromatic rings. The lowest BCUT2D eigenvalue weighted by atomic mass is 10.2. The van der Waals surface area contributed by atoms with E-state index in [9.17, 15) is 18.2 Å². The van der Waals surface area contributed by atoms with E-state index in [1.165, 1.54) is 7.11 Å². The Morgan fingerprint density at radius 2 is 2.14 bits per heavy atom. The highest BCUT2D eigenvalue weighted by molar-refractivity contribution is 7.85. The van der Waals surface area contributed by atoms with E-state index in [0.29, 0.717) is 19.6 Å². The first-order valence-electron chi connectivity index (χ1n) is 6.12. The summed E-state index contributed by atoms with van der Waals surface area (Å²) >= 11 is 0. The summed E-state index contributed by atoms with van der Waals surface area (Å²) in [5.41, 5.74) is -0.180. The van der Waals surface area contributed by atoms with Crippen molar-refractivity contribution >= 4 is 22.7 Å². The van der Waals surface area contributed by atoms with E-state index in [1.807, 2.05) is 0 Å². The molecule has 0 radical (unpaired) electrons. The summed E-state index contributed by atoms with van der Waals surface area (Å²) in [4.78, 5) is 22.0. The molecule has 6 nitrogen and oxygen atoms in total. The number of hydrogen-bond acceptors (Lipinski definition) is 4. The van der Waals surface area contributed by atoms with Crippen LogP contribution in [0.2, 0.25) is 0 Å². The second-order valence-corrected chi connectivity index (χ2v) is 5.56. The summed E-state index contributed by atoms with van der Waals surface area (Å²) in [6.45, 7) is 0.847. The van der Waals surface area contributed by atoms with Gasteiger partial charge in [0.15, 0.2) is 0 Å². The Bertz CT molecular complexity index is 549. The zero-order chi connectivity index (χ0) is 15.8. The van der Waals surface area contributed by atoms with Crippen molar-refractivity contribution in [2.24, 2.45) is 0 Å². The third-order valence-corrected chi connectivity index (χ3v) is 3.86. The van der Waals surface area contributed by atoms with Crippen molar-refractivity contribution in [3.8, 4) is 0 Å². The van der Waals surface area contributed by atoms with Gasteiger partial charge >= 0.3 is 5.97 Å². The first-order chi connectivity index (χ1) is 9.95. The van der Waals surface area contributed by atoms with Gasteiger partial charge in [-0.05, 0) is 24.6 Å². The molecule has 0 bridgehead atoms. The summed E-state index contributed by atoms with van der Waals surface area (Å²) in [7, 11) is -0.404. The van der Waals surface area contributed by atoms with Gasteiger partial charge in [0.25, 0.3) is 0 Å². The van der Waals surface area contributed by atoms with Crippen molar-refractivity contribution in [3.05, 3.63) is 29.6 Å². The van der Waals surface area contributed by atoms with E-state index in [4.69, 9.17) is 9.84 Å². The van der Waals surface area contributed by atoms with Crippen LogP contribution in [0.1, 0.15) is 16.8 Å². The Balaban J connectivity index is 2.64. The predicted molar refractivity (Wildman–Crippen MR) is 74.1 cm³/mol. The van der Waals surface area contributed by atoms with Gasteiger partial charge in [0.1, 0.15) is 11.6 Å². The molecule has 21 heavy (non-hydrogen) atoms. The summed E-state index contributed by atoms with van der Waals surface area (Å²) in [6, 6.07) is 2.97. The molecule has 0 heterocycles. The van der Waals surface area contributed by atoms with E-state index in [0.717, 1.165) is 18.2 Å². The maximum absolute atomic E-state index is 13.6. The van der Waals surface area contributed by atoms with Crippen molar-refractivity contribution in [2.45, 2.75) is 11.3 Å². The van der Waals surface area contributed by atoms with Crippen molar-refractivity contribution < 1.29 is 28.0 Å². The number of methoxy groups -OCH3 is 1. The number of carbonyl (C=O) groups is 2. The van der Waals surface area contributed by atoms with Crippen molar-refractivity contribution in [3.63, 3.8) is 0 Å². The van der Waals surface area contributed by atoms with Gasteiger partial charge in [-0.25, -0.2) is 9.18 Å². The van der Waals surface area contributed by atoms with Gasteiger partial charge in [-0.2, -0.15) is 0 Å². The SMILES string of the molecule is COCCCNC(=O)CS(=O)c1cc(C(=O)O)ccc1F. The van der Waals surface area contributed by atoms with Crippen LogP contribution in [0.15, 0.2) is 23.1 Å². The van der Waals surface area contributed by atoms with Crippen molar-refractivity contribution in [1.29, 1.82) is 0 Å². The Hall–Kier alpha value is -1.80. The fraction of sp³-hybridized carbons (Fsp3) is 0.385. The molecule has 1 unspecified atom stereocenters. The minimum Gasteiger partial charge on any atom is -0.478 e. The maximum atomic E-state index is 13.6. The quantitative estimate of drug-likeness (QED) is 0.691. The highest BCUT2D eigenvalue weighted by Gasteiger charge is 2.16. The fourth-order valence-electron chi connectivity index (χ4n) is 1.50. The minimum atomic E-state index is -1.94. The molecule has 1 amide bonds. The number of amides is 1. The molecule has 0 aliphatic carbocycles. The van der Waals surface area contributed by atoms with E-state index in [2.05, 4.69) is 5.32 Å². The number of carboxylic acids is 1. The van der Waals surface area contributed by atoms with Crippen LogP contribution >= 0.6 is 0 Å². The predicted octanol–water partition coefficient (Wildman–Crippen LogP) is 0.784. The standard InChI is InChI=1S/C13H16FNO5S/c1-20-6-2-5-15-12(16)8-21(19)11-7-9(13(17)18)3-4-10(11)14/h3-4,7H,2,5-6,8H2,1H3,(H,15,16)(H,17,18). The Labute approximate surface area is 123 Å². The molecule has 1 rings (SSSR count). The zero-order valence-electron chi connectivity index (χ0n) is 11.4. The van der Waals surface area contributed by atoms with Gasteiger partial charge in [-0.1, -0.05) is 0 Å². The van der Waals surface area contributed by atoms with Crippen LogP contribution in [0.3, 0.4) is 0 Å². The lowest BCUT2D eigenvalue weighted by Gasteiger charge is -2.06. The molecule has 2 N–H and O–H groups in total. The lowest BCUT2D eigenvalue weighted by molar-refractivity contribution is -0.118. The Kier molecular flexibility index (Phi) is 6.97. The number of nitrogens with one attached hydrogen (secondary N) is 1. The Morgan fingerprint density at radius 1 is 1.43 bits per heavy atom. The zero-order valence-corrected chi connectivity index (χ0v) is 12.2. The van der Waals surface area contributed by atoms with Gasteiger partial charge in [0.2, 0.25) is 5.91 Å². The van der Waals surface area contributed by atoms with Crippen LogP contribution in [0.4, 0.5) is 4.39 Å². The average molecular weight is 317 g/mol. The van der Waals surface area contributed by atoms with E-state index in [-0.39, 0.29) is 10.5 Å². The Morgan fingerprint density at radius 3 is 2.76 bits per heavy atom. The summed E-state index contributed by atoms with van der Waals surface area (Å²) in [6.07, 6.45) is 0.609. The van der Waals surface area contributed by atoms with E-state index in [1.54, 1.807) is 0 Å².